The Morgan fingerprint density at radius 2 is 1.82 bits per heavy atom. The number of morpholine rings is 1. The van der Waals surface area contributed by atoms with E-state index in [4.69, 9.17) is 14.4 Å². The Morgan fingerprint density at radius 3 is 2.60 bits per heavy atom. The van der Waals surface area contributed by atoms with Gasteiger partial charge in [0.2, 0.25) is 5.76 Å². The van der Waals surface area contributed by atoms with Gasteiger partial charge in [0.05, 0.1) is 36.5 Å². The summed E-state index contributed by atoms with van der Waals surface area (Å²) in [7, 11) is 1.92. The highest BCUT2D eigenvalue weighted by atomic mass is 16.5. The van der Waals surface area contributed by atoms with Crippen molar-refractivity contribution in [3.63, 3.8) is 0 Å². The Morgan fingerprint density at radius 1 is 0.978 bits per heavy atom. The van der Waals surface area contributed by atoms with Crippen molar-refractivity contribution in [3.05, 3.63) is 83.8 Å². The van der Waals surface area contributed by atoms with Crippen LogP contribution in [0.5, 0.6) is 0 Å². The molecule has 0 spiro atoms. The van der Waals surface area contributed by atoms with Crippen LogP contribution in [0, 0.1) is 13.8 Å². The second-order valence-electron chi connectivity index (χ2n) is 11.3. The number of nitrogens with zero attached hydrogens (tertiary/aromatic N) is 8. The molecule has 5 aromatic rings. The third kappa shape index (κ3) is 6.20. The largest absolute Gasteiger partial charge is 0.378 e. The minimum Gasteiger partial charge on any atom is -0.378 e. The molecule has 45 heavy (non-hydrogen) atoms. The molecule has 1 aromatic carbocycles. The molecule has 13 nitrogen and oxygen atoms in total. The predicted molar refractivity (Wildman–Crippen MR) is 170 cm³/mol. The zero-order valence-corrected chi connectivity index (χ0v) is 25.4. The molecule has 1 saturated heterocycles. The van der Waals surface area contributed by atoms with Gasteiger partial charge in [0, 0.05) is 55.6 Å². The standard InChI is InChI=1S/C32H34N10O3/c1-20-4-7-23(36-32(43)27-16-26(39-45-27)22-5-6-22)15-25(20)37-31-14-21(2)38-42(31)30-17-29(34-19-35-30)40(3)28-9-8-24(18-33-28)41-10-12-44-13-11-41/h4,7-9,14-19,22,37H,5-6,10-13H2,1-3H3,(H,36,43). The van der Waals surface area contributed by atoms with Crippen LogP contribution >= 0.6 is 0 Å². The fraction of sp³-hybridized carbons (Fsp3) is 0.312. The molecule has 1 aliphatic carbocycles. The van der Waals surface area contributed by atoms with Gasteiger partial charge in [-0.3, -0.25) is 4.79 Å². The number of carbonyl (C=O) groups is 1. The Labute approximate surface area is 260 Å². The molecule has 2 aliphatic rings. The van der Waals surface area contributed by atoms with Gasteiger partial charge in [-0.25, -0.2) is 15.0 Å². The highest BCUT2D eigenvalue weighted by molar-refractivity contribution is 6.02. The molecule has 0 unspecified atom stereocenters. The van der Waals surface area contributed by atoms with Crippen LogP contribution in [0.2, 0.25) is 0 Å². The third-order valence-corrected chi connectivity index (χ3v) is 7.99. The van der Waals surface area contributed by atoms with Crippen LogP contribution in [0.25, 0.3) is 5.82 Å². The average Bonchev–Trinajstić information content (AvgIpc) is 3.68. The fourth-order valence-electron chi connectivity index (χ4n) is 5.23. The summed E-state index contributed by atoms with van der Waals surface area (Å²) in [6.07, 6.45) is 5.58. The van der Waals surface area contributed by atoms with E-state index in [1.165, 1.54) is 6.33 Å². The van der Waals surface area contributed by atoms with E-state index in [-0.39, 0.29) is 11.7 Å². The molecule has 0 bridgehead atoms. The molecule has 0 atom stereocenters. The van der Waals surface area contributed by atoms with Gasteiger partial charge in [0.25, 0.3) is 5.91 Å². The Balaban J connectivity index is 1.09. The lowest BCUT2D eigenvalue weighted by molar-refractivity contribution is 0.0988. The van der Waals surface area contributed by atoms with Crippen LogP contribution < -0.4 is 20.4 Å². The SMILES string of the molecule is Cc1cc(Nc2cc(NC(=O)c3cc(C4CC4)no3)ccc2C)n(-c2cc(N(C)c3ccc(N4CCOCC4)cn3)ncn2)n1. The van der Waals surface area contributed by atoms with Crippen molar-refractivity contribution in [2.45, 2.75) is 32.6 Å². The van der Waals surface area contributed by atoms with Crippen LogP contribution in [-0.4, -0.2) is 69.1 Å². The number of amides is 1. The van der Waals surface area contributed by atoms with Crippen molar-refractivity contribution in [1.29, 1.82) is 0 Å². The van der Waals surface area contributed by atoms with Crippen LogP contribution in [0.1, 0.15) is 46.3 Å². The topological polar surface area (TPSA) is 139 Å². The number of aryl methyl sites for hydroxylation is 2. The summed E-state index contributed by atoms with van der Waals surface area (Å²) < 4.78 is 12.5. The number of nitrogens with one attached hydrogen (secondary N) is 2. The smallest absolute Gasteiger partial charge is 0.294 e. The van der Waals surface area contributed by atoms with Crippen LogP contribution in [0.3, 0.4) is 0 Å². The molecule has 0 radical (unpaired) electrons. The molecule has 5 heterocycles. The van der Waals surface area contributed by atoms with Crippen LogP contribution in [-0.2, 0) is 4.74 Å². The van der Waals surface area contributed by atoms with Crippen molar-refractivity contribution >= 4 is 40.4 Å². The first-order valence-corrected chi connectivity index (χ1v) is 15.0. The minimum absolute atomic E-state index is 0.202. The molecule has 1 saturated carbocycles. The van der Waals surface area contributed by atoms with E-state index in [9.17, 15) is 4.79 Å². The van der Waals surface area contributed by atoms with Crippen LogP contribution in [0.4, 0.5) is 34.5 Å². The van der Waals surface area contributed by atoms with E-state index in [2.05, 4.69) is 41.7 Å². The first-order chi connectivity index (χ1) is 21.9. The van der Waals surface area contributed by atoms with Gasteiger partial charge in [-0.2, -0.15) is 9.78 Å². The number of aromatic nitrogens is 6. The number of rotatable bonds is 9. The zero-order chi connectivity index (χ0) is 30.9. The molecule has 13 heteroatoms. The third-order valence-electron chi connectivity index (χ3n) is 7.99. The average molecular weight is 607 g/mol. The molecule has 4 aromatic heterocycles. The van der Waals surface area contributed by atoms with Crippen LogP contribution in [0.15, 0.2) is 65.6 Å². The molecule has 230 valence electrons. The Hall–Kier alpha value is -5.30. The number of carbonyl (C=O) groups excluding carboxylic acids is 1. The summed E-state index contributed by atoms with van der Waals surface area (Å²) in [6.45, 7) is 7.08. The number of hydrogen-bond acceptors (Lipinski definition) is 11. The van der Waals surface area contributed by atoms with E-state index < -0.39 is 0 Å². The fourth-order valence-corrected chi connectivity index (χ4v) is 5.23. The van der Waals surface area contributed by atoms with Gasteiger partial charge >= 0.3 is 0 Å². The molecule has 1 aliphatic heterocycles. The normalized spacial score (nSPS) is 14.8. The molecule has 2 N–H and O–H groups in total. The van der Waals surface area contributed by atoms with Crippen molar-refractivity contribution in [3.8, 4) is 5.82 Å². The quantitative estimate of drug-likeness (QED) is 0.231. The first kappa shape index (κ1) is 28.5. The lowest BCUT2D eigenvalue weighted by Crippen LogP contribution is -2.36. The summed E-state index contributed by atoms with van der Waals surface area (Å²) in [5.41, 5.74) is 5.14. The number of benzene rings is 1. The van der Waals surface area contributed by atoms with Crippen molar-refractivity contribution < 1.29 is 14.1 Å². The van der Waals surface area contributed by atoms with E-state index in [1.54, 1.807) is 10.7 Å². The Bertz CT molecular complexity index is 1820. The number of pyridine rings is 1. The van der Waals surface area contributed by atoms with E-state index in [0.717, 1.165) is 73.3 Å². The van der Waals surface area contributed by atoms with Gasteiger partial charge < -0.3 is 29.7 Å². The van der Waals surface area contributed by atoms with Gasteiger partial charge in [-0.05, 0) is 56.5 Å². The lowest BCUT2D eigenvalue weighted by Gasteiger charge is -2.28. The van der Waals surface area contributed by atoms with E-state index in [0.29, 0.717) is 29.1 Å². The van der Waals surface area contributed by atoms with Gasteiger partial charge in [-0.1, -0.05) is 11.2 Å². The molecular formula is C32H34N10O3. The maximum absolute atomic E-state index is 12.8. The second kappa shape index (κ2) is 12.0. The van der Waals surface area contributed by atoms with Crippen molar-refractivity contribution in [1.82, 2.24) is 29.9 Å². The lowest BCUT2D eigenvalue weighted by atomic mass is 10.1. The summed E-state index contributed by atoms with van der Waals surface area (Å²) in [4.78, 5) is 30.7. The first-order valence-electron chi connectivity index (χ1n) is 15.0. The second-order valence-corrected chi connectivity index (χ2v) is 11.3. The summed E-state index contributed by atoms with van der Waals surface area (Å²) >= 11 is 0. The number of anilines is 6. The summed E-state index contributed by atoms with van der Waals surface area (Å²) in [5.74, 6) is 3.00. The predicted octanol–water partition coefficient (Wildman–Crippen LogP) is 5.14. The maximum atomic E-state index is 12.8. The molecular weight excluding hydrogens is 572 g/mol. The van der Waals surface area contributed by atoms with Crippen molar-refractivity contribution in [2.24, 2.45) is 0 Å². The highest BCUT2D eigenvalue weighted by Gasteiger charge is 2.28. The molecule has 2 fully saturated rings. The Kier molecular flexibility index (Phi) is 7.59. The summed E-state index contributed by atoms with van der Waals surface area (Å²) in [5, 5.41) is 15.1. The molecule has 7 rings (SSSR count). The number of hydrogen-bond donors (Lipinski definition) is 2. The zero-order valence-electron chi connectivity index (χ0n) is 25.4. The van der Waals surface area contributed by atoms with E-state index in [1.807, 2.05) is 68.4 Å². The number of ether oxygens (including phenoxy) is 1. The minimum atomic E-state index is -0.340. The van der Waals surface area contributed by atoms with Crippen molar-refractivity contribution in [2.75, 3.05) is 53.8 Å². The van der Waals surface area contributed by atoms with Gasteiger partial charge in [-0.15, -0.1) is 0 Å². The van der Waals surface area contributed by atoms with Gasteiger partial charge in [0.15, 0.2) is 5.82 Å². The monoisotopic (exact) mass is 606 g/mol. The van der Waals surface area contributed by atoms with E-state index >= 15 is 0 Å². The summed E-state index contributed by atoms with van der Waals surface area (Å²) in [6, 6.07) is 15.3. The maximum Gasteiger partial charge on any atom is 0.294 e. The van der Waals surface area contributed by atoms with Gasteiger partial charge in [0.1, 0.15) is 23.8 Å². The highest BCUT2D eigenvalue weighted by Crippen LogP contribution is 2.39. The molecule has 1 amide bonds.